The van der Waals surface area contributed by atoms with E-state index in [-0.39, 0.29) is 29.2 Å². The van der Waals surface area contributed by atoms with E-state index < -0.39 is 28.2 Å². The van der Waals surface area contributed by atoms with Crippen molar-refractivity contribution in [3.8, 4) is 0 Å². The van der Waals surface area contributed by atoms with Crippen LogP contribution < -0.4 is 21.1 Å². The minimum absolute atomic E-state index is 0.0771. The third-order valence-electron chi connectivity index (χ3n) is 5.88. The summed E-state index contributed by atoms with van der Waals surface area (Å²) in [5, 5.41) is 16.4. The Hall–Kier alpha value is -3.76. The third-order valence-corrected chi connectivity index (χ3v) is 5.88. The quantitative estimate of drug-likeness (QED) is 0.487. The predicted molar refractivity (Wildman–Crippen MR) is 118 cm³/mol. The van der Waals surface area contributed by atoms with Crippen LogP contribution in [0.5, 0.6) is 0 Å². The van der Waals surface area contributed by atoms with Crippen LogP contribution >= 0.6 is 0 Å². The molecule has 168 valence electrons. The normalized spacial score (nSPS) is 20.3. The van der Waals surface area contributed by atoms with Crippen molar-refractivity contribution in [2.24, 2.45) is 5.92 Å². The van der Waals surface area contributed by atoms with Crippen LogP contribution in [0, 0.1) is 23.0 Å². The number of H-pyrrole nitrogens is 1. The van der Waals surface area contributed by atoms with Gasteiger partial charge < -0.3 is 15.5 Å². The molecule has 32 heavy (non-hydrogen) atoms. The molecule has 2 aliphatic heterocycles. The van der Waals surface area contributed by atoms with Crippen molar-refractivity contribution < 1.29 is 14.5 Å². The number of piperidine rings is 1. The molecule has 1 aromatic carbocycles. The van der Waals surface area contributed by atoms with Crippen molar-refractivity contribution in [3.05, 3.63) is 49.8 Å². The molecule has 0 saturated carbocycles. The van der Waals surface area contributed by atoms with Crippen molar-refractivity contribution >= 4 is 35.0 Å². The van der Waals surface area contributed by atoms with Gasteiger partial charge in [0, 0.05) is 36.8 Å². The third kappa shape index (κ3) is 4.18. The van der Waals surface area contributed by atoms with Gasteiger partial charge in [0.1, 0.15) is 5.82 Å². The van der Waals surface area contributed by atoms with Gasteiger partial charge in [0.05, 0.1) is 16.4 Å². The van der Waals surface area contributed by atoms with Crippen molar-refractivity contribution in [1.29, 1.82) is 0 Å². The van der Waals surface area contributed by atoms with Crippen molar-refractivity contribution in [3.63, 3.8) is 0 Å². The second kappa shape index (κ2) is 8.40. The summed E-state index contributed by atoms with van der Waals surface area (Å²) < 4.78 is 0. The molecule has 0 unspecified atom stereocenters. The van der Waals surface area contributed by atoms with E-state index in [1.807, 2.05) is 4.90 Å². The summed E-state index contributed by atoms with van der Waals surface area (Å²) in [5.74, 6) is -1.19. The highest BCUT2D eigenvalue weighted by Crippen LogP contribution is 2.31. The van der Waals surface area contributed by atoms with Crippen LogP contribution in [0.15, 0.2) is 23.0 Å². The lowest BCUT2D eigenvalue weighted by molar-refractivity contribution is -0.385. The van der Waals surface area contributed by atoms with Crippen LogP contribution in [-0.2, 0) is 9.59 Å². The lowest BCUT2D eigenvalue weighted by atomic mass is 9.92. The minimum Gasteiger partial charge on any atom is -0.342 e. The molecule has 1 aromatic heterocycles. The molecule has 11 nitrogen and oxygen atoms in total. The van der Waals surface area contributed by atoms with E-state index in [2.05, 4.69) is 27.5 Å². The minimum atomic E-state index is -1.07. The summed E-state index contributed by atoms with van der Waals surface area (Å²) in [6, 6.07) is 4.31. The lowest BCUT2D eigenvalue weighted by Crippen LogP contribution is -2.40. The monoisotopic (exact) mass is 440 g/mol. The molecule has 2 amide bonds. The second-order valence-corrected chi connectivity index (χ2v) is 8.40. The van der Waals surface area contributed by atoms with Gasteiger partial charge in [0.2, 0.25) is 17.8 Å². The van der Waals surface area contributed by atoms with Gasteiger partial charge in [-0.2, -0.15) is 4.98 Å². The van der Waals surface area contributed by atoms with E-state index in [0.717, 1.165) is 25.9 Å². The van der Waals surface area contributed by atoms with E-state index in [1.54, 1.807) is 6.92 Å². The van der Waals surface area contributed by atoms with Crippen LogP contribution in [0.25, 0.3) is 0 Å². The van der Waals surface area contributed by atoms with E-state index in [9.17, 15) is 24.5 Å². The highest BCUT2D eigenvalue weighted by Gasteiger charge is 2.35. The topological polar surface area (TPSA) is 150 Å². The molecule has 1 fully saturated rings. The number of nitrogens with one attached hydrogen (secondary N) is 3. The zero-order valence-corrected chi connectivity index (χ0v) is 17.8. The number of carbonyl (C=O) groups is 2. The largest absolute Gasteiger partial charge is 0.342 e. The summed E-state index contributed by atoms with van der Waals surface area (Å²) in [4.78, 5) is 58.0. The number of anilines is 3. The number of nitrogens with zero attached hydrogens (tertiary/aromatic N) is 3. The number of aromatic nitrogens is 2. The smallest absolute Gasteiger partial charge is 0.274 e. The molecule has 4 rings (SSSR count). The number of aromatic amines is 1. The number of hydrogen-bond acceptors (Lipinski definition) is 7. The van der Waals surface area contributed by atoms with Crippen molar-refractivity contribution in [2.75, 3.05) is 28.6 Å². The average molecular weight is 440 g/mol. The number of aryl methyl sites for hydroxylation is 1. The molecule has 11 heteroatoms. The SMILES string of the molecule is Cc1ccc(NC(=O)[C@H]2CC(=O)Nc3nc(N4CCC[C@@H](C)C4)[nH]c(=O)c32)cc1[N+](=O)[O-]. The number of rotatable bonds is 4. The van der Waals surface area contributed by atoms with Crippen LogP contribution in [0.2, 0.25) is 0 Å². The Labute approximate surface area is 183 Å². The average Bonchev–Trinajstić information content (AvgIpc) is 2.73. The maximum absolute atomic E-state index is 13.0. The lowest BCUT2D eigenvalue weighted by Gasteiger charge is -2.32. The van der Waals surface area contributed by atoms with Gasteiger partial charge in [-0.15, -0.1) is 0 Å². The van der Waals surface area contributed by atoms with E-state index in [0.29, 0.717) is 17.4 Å². The van der Waals surface area contributed by atoms with Gasteiger partial charge in [-0.05, 0) is 31.7 Å². The first-order valence-electron chi connectivity index (χ1n) is 10.5. The molecule has 2 atom stereocenters. The Morgan fingerprint density at radius 3 is 2.84 bits per heavy atom. The molecule has 0 radical (unpaired) electrons. The van der Waals surface area contributed by atoms with E-state index >= 15 is 0 Å². The number of nitro groups is 1. The predicted octanol–water partition coefficient (Wildman–Crippen LogP) is 2.29. The Morgan fingerprint density at radius 1 is 1.34 bits per heavy atom. The number of fused-ring (bicyclic) bond motifs is 1. The summed E-state index contributed by atoms with van der Waals surface area (Å²) in [5.41, 5.74) is 0.124. The molecule has 0 aliphatic carbocycles. The summed E-state index contributed by atoms with van der Waals surface area (Å²) in [6.07, 6.45) is 1.85. The van der Waals surface area contributed by atoms with Gasteiger partial charge >= 0.3 is 0 Å². The van der Waals surface area contributed by atoms with Crippen LogP contribution in [0.4, 0.5) is 23.1 Å². The molecular weight excluding hydrogens is 416 g/mol. The number of carbonyl (C=O) groups excluding carboxylic acids is 2. The van der Waals surface area contributed by atoms with Gasteiger partial charge in [-0.25, -0.2) is 0 Å². The summed E-state index contributed by atoms with van der Waals surface area (Å²) in [7, 11) is 0. The fourth-order valence-corrected chi connectivity index (χ4v) is 4.23. The summed E-state index contributed by atoms with van der Waals surface area (Å²) >= 11 is 0. The molecule has 2 aliphatic rings. The number of nitro benzene ring substituents is 1. The molecule has 1 saturated heterocycles. The van der Waals surface area contributed by atoms with E-state index in [4.69, 9.17) is 0 Å². The standard InChI is InChI=1S/C21H24N6O5/c1-11-4-3-7-26(10-11)21-24-18-17(20(30)25-21)14(9-16(28)23-18)19(29)22-13-6-5-12(2)15(8-13)27(31)32/h5-6,8,11,14H,3-4,7,9-10H2,1-2H3,(H,22,29)(H2,23,24,25,28,30)/t11-,14+/m1/s1. The molecule has 0 bridgehead atoms. The molecule has 2 aromatic rings. The van der Waals surface area contributed by atoms with E-state index in [1.165, 1.54) is 18.2 Å². The highest BCUT2D eigenvalue weighted by molar-refractivity contribution is 6.04. The number of hydrogen-bond donors (Lipinski definition) is 3. The van der Waals surface area contributed by atoms with Crippen LogP contribution in [0.1, 0.15) is 43.2 Å². The second-order valence-electron chi connectivity index (χ2n) is 8.40. The van der Waals surface area contributed by atoms with Gasteiger partial charge in [-0.3, -0.25) is 29.5 Å². The molecule has 3 heterocycles. The maximum atomic E-state index is 13.0. The zero-order valence-electron chi connectivity index (χ0n) is 17.8. The fraction of sp³-hybridized carbons (Fsp3) is 0.429. The molecular formula is C21H24N6O5. The number of amides is 2. The first-order chi connectivity index (χ1) is 15.2. The van der Waals surface area contributed by atoms with Gasteiger partial charge in [0.15, 0.2) is 0 Å². The van der Waals surface area contributed by atoms with Crippen LogP contribution in [0.3, 0.4) is 0 Å². The van der Waals surface area contributed by atoms with Crippen molar-refractivity contribution in [2.45, 2.75) is 39.0 Å². The first kappa shape index (κ1) is 21.5. The van der Waals surface area contributed by atoms with Crippen molar-refractivity contribution in [1.82, 2.24) is 9.97 Å². The highest BCUT2D eigenvalue weighted by atomic mass is 16.6. The molecule has 3 N–H and O–H groups in total. The summed E-state index contributed by atoms with van der Waals surface area (Å²) in [6.45, 7) is 5.21. The van der Waals surface area contributed by atoms with Gasteiger partial charge in [-0.1, -0.05) is 13.0 Å². The van der Waals surface area contributed by atoms with Crippen LogP contribution in [-0.4, -0.2) is 39.8 Å². The Balaban J connectivity index is 1.64. The Kier molecular flexibility index (Phi) is 5.64. The molecule has 0 spiro atoms. The number of benzene rings is 1. The Morgan fingerprint density at radius 2 is 2.12 bits per heavy atom. The zero-order chi connectivity index (χ0) is 23.0. The fourth-order valence-electron chi connectivity index (χ4n) is 4.23. The first-order valence-corrected chi connectivity index (χ1v) is 10.5. The maximum Gasteiger partial charge on any atom is 0.274 e. The van der Waals surface area contributed by atoms with Gasteiger partial charge in [0.25, 0.3) is 11.2 Å². The Bertz CT molecular complexity index is 1160.